The van der Waals surface area contributed by atoms with Gasteiger partial charge in [-0.3, -0.25) is 0 Å². The average Bonchev–Trinajstić information content (AvgIpc) is 2.74. The SMILES string of the molecule is C=C[C@H]1O[C@@H]2OC(C)(C)O[C@@H]2[C@@]12CCCCO2. The van der Waals surface area contributed by atoms with E-state index >= 15 is 0 Å². The third kappa shape index (κ3) is 1.66. The van der Waals surface area contributed by atoms with Crippen molar-refractivity contribution in [2.75, 3.05) is 6.61 Å². The Morgan fingerprint density at radius 3 is 2.71 bits per heavy atom. The molecule has 0 aromatic heterocycles. The van der Waals surface area contributed by atoms with Gasteiger partial charge in [-0.1, -0.05) is 6.08 Å². The van der Waals surface area contributed by atoms with Crippen LogP contribution in [0.1, 0.15) is 33.1 Å². The fourth-order valence-electron chi connectivity index (χ4n) is 3.12. The van der Waals surface area contributed by atoms with E-state index in [-0.39, 0.29) is 18.5 Å². The molecule has 0 amide bonds. The molecular weight excluding hydrogens is 220 g/mol. The predicted molar refractivity (Wildman–Crippen MR) is 61.4 cm³/mol. The van der Waals surface area contributed by atoms with Gasteiger partial charge in [0.1, 0.15) is 17.8 Å². The summed E-state index contributed by atoms with van der Waals surface area (Å²) in [7, 11) is 0. The van der Waals surface area contributed by atoms with Gasteiger partial charge in [-0.25, -0.2) is 0 Å². The highest BCUT2D eigenvalue weighted by Crippen LogP contribution is 2.48. The van der Waals surface area contributed by atoms with Crippen LogP contribution in [-0.2, 0) is 18.9 Å². The fourth-order valence-corrected chi connectivity index (χ4v) is 3.12. The standard InChI is InChI=1S/C13H20O4/c1-4-9-13(7-5-6-8-14-13)10-11(15-9)17-12(2,3)16-10/h4,9-11H,1,5-8H2,2-3H3/t9-,10+,11-,13-/m1/s1. The molecule has 3 aliphatic heterocycles. The molecule has 0 aliphatic carbocycles. The Morgan fingerprint density at radius 1 is 1.24 bits per heavy atom. The number of hydrogen-bond donors (Lipinski definition) is 0. The molecule has 4 heteroatoms. The molecule has 4 atom stereocenters. The molecule has 3 heterocycles. The van der Waals surface area contributed by atoms with Crippen molar-refractivity contribution in [3.63, 3.8) is 0 Å². The summed E-state index contributed by atoms with van der Waals surface area (Å²) in [4.78, 5) is 0. The molecule has 3 fully saturated rings. The van der Waals surface area contributed by atoms with Crippen molar-refractivity contribution in [3.8, 4) is 0 Å². The highest BCUT2D eigenvalue weighted by Gasteiger charge is 2.63. The van der Waals surface area contributed by atoms with Crippen LogP contribution in [0.4, 0.5) is 0 Å². The first kappa shape index (κ1) is 11.7. The Labute approximate surface area is 102 Å². The Bertz CT molecular complexity index is 319. The maximum atomic E-state index is 6.04. The van der Waals surface area contributed by atoms with Crippen molar-refractivity contribution in [2.45, 2.75) is 63.0 Å². The van der Waals surface area contributed by atoms with Crippen LogP contribution in [0.25, 0.3) is 0 Å². The van der Waals surface area contributed by atoms with Gasteiger partial charge in [0.15, 0.2) is 12.1 Å². The molecule has 17 heavy (non-hydrogen) atoms. The van der Waals surface area contributed by atoms with Crippen LogP contribution in [0.3, 0.4) is 0 Å². The van der Waals surface area contributed by atoms with Gasteiger partial charge in [0.2, 0.25) is 0 Å². The van der Waals surface area contributed by atoms with E-state index in [1.54, 1.807) is 0 Å². The number of hydrogen-bond acceptors (Lipinski definition) is 4. The first-order valence-corrected chi connectivity index (χ1v) is 6.35. The van der Waals surface area contributed by atoms with Gasteiger partial charge in [0.05, 0.1) is 0 Å². The molecule has 3 saturated heterocycles. The van der Waals surface area contributed by atoms with E-state index in [0.717, 1.165) is 25.9 Å². The van der Waals surface area contributed by atoms with Crippen LogP contribution in [0.2, 0.25) is 0 Å². The van der Waals surface area contributed by atoms with E-state index in [0.29, 0.717) is 0 Å². The maximum absolute atomic E-state index is 6.04. The summed E-state index contributed by atoms with van der Waals surface area (Å²) in [6, 6.07) is 0. The van der Waals surface area contributed by atoms with Crippen LogP contribution in [0.15, 0.2) is 12.7 Å². The monoisotopic (exact) mass is 240 g/mol. The van der Waals surface area contributed by atoms with Crippen LogP contribution in [0.5, 0.6) is 0 Å². The number of rotatable bonds is 1. The quantitative estimate of drug-likeness (QED) is 0.657. The minimum atomic E-state index is -0.588. The van der Waals surface area contributed by atoms with Crippen LogP contribution in [-0.4, -0.2) is 36.5 Å². The molecule has 96 valence electrons. The Hall–Kier alpha value is -0.420. The zero-order chi connectivity index (χ0) is 12.1. The zero-order valence-electron chi connectivity index (χ0n) is 10.5. The van der Waals surface area contributed by atoms with Crippen LogP contribution >= 0.6 is 0 Å². The van der Waals surface area contributed by atoms with Crippen molar-refractivity contribution in [2.24, 2.45) is 0 Å². The Kier molecular flexibility index (Phi) is 2.60. The van der Waals surface area contributed by atoms with Crippen molar-refractivity contribution in [1.82, 2.24) is 0 Å². The summed E-state index contributed by atoms with van der Waals surface area (Å²) < 4.78 is 23.6. The van der Waals surface area contributed by atoms with E-state index in [4.69, 9.17) is 18.9 Å². The van der Waals surface area contributed by atoms with Gasteiger partial charge in [-0.2, -0.15) is 0 Å². The molecule has 0 N–H and O–H groups in total. The lowest BCUT2D eigenvalue weighted by molar-refractivity contribution is -0.235. The largest absolute Gasteiger partial charge is 0.369 e. The summed E-state index contributed by atoms with van der Waals surface area (Å²) >= 11 is 0. The van der Waals surface area contributed by atoms with Gasteiger partial charge in [0.25, 0.3) is 0 Å². The van der Waals surface area contributed by atoms with Gasteiger partial charge in [0, 0.05) is 6.61 Å². The Balaban J connectivity index is 1.90. The summed E-state index contributed by atoms with van der Waals surface area (Å²) in [5, 5.41) is 0. The number of fused-ring (bicyclic) bond motifs is 2. The topological polar surface area (TPSA) is 36.9 Å². The second-order valence-electron chi connectivity index (χ2n) is 5.48. The maximum Gasteiger partial charge on any atom is 0.190 e. The Morgan fingerprint density at radius 2 is 2.06 bits per heavy atom. The third-order valence-corrected chi connectivity index (χ3v) is 3.85. The molecule has 0 bridgehead atoms. The lowest BCUT2D eigenvalue weighted by Crippen LogP contribution is -2.52. The highest BCUT2D eigenvalue weighted by atomic mass is 16.8. The molecule has 3 rings (SSSR count). The lowest BCUT2D eigenvalue weighted by atomic mass is 9.85. The van der Waals surface area contributed by atoms with Gasteiger partial charge < -0.3 is 18.9 Å². The normalized spacial score (nSPS) is 48.2. The summed E-state index contributed by atoms with van der Waals surface area (Å²) in [6.45, 7) is 8.43. The molecule has 3 aliphatic rings. The van der Waals surface area contributed by atoms with E-state index in [2.05, 4.69) is 6.58 Å². The van der Waals surface area contributed by atoms with Crippen LogP contribution < -0.4 is 0 Å². The molecule has 0 aromatic carbocycles. The molecule has 0 radical (unpaired) electrons. The number of ether oxygens (including phenoxy) is 4. The van der Waals surface area contributed by atoms with Crippen molar-refractivity contribution in [3.05, 3.63) is 12.7 Å². The van der Waals surface area contributed by atoms with E-state index in [1.807, 2.05) is 19.9 Å². The molecule has 4 nitrogen and oxygen atoms in total. The second-order valence-corrected chi connectivity index (χ2v) is 5.48. The van der Waals surface area contributed by atoms with Gasteiger partial charge in [-0.15, -0.1) is 6.58 Å². The summed E-state index contributed by atoms with van der Waals surface area (Å²) in [6.07, 6.45) is 4.41. The van der Waals surface area contributed by atoms with Gasteiger partial charge >= 0.3 is 0 Å². The minimum absolute atomic E-state index is 0.131. The van der Waals surface area contributed by atoms with Crippen molar-refractivity contribution in [1.29, 1.82) is 0 Å². The molecule has 0 saturated carbocycles. The lowest BCUT2D eigenvalue weighted by Gasteiger charge is -2.39. The second kappa shape index (κ2) is 3.79. The molecule has 0 unspecified atom stereocenters. The first-order valence-electron chi connectivity index (χ1n) is 6.35. The van der Waals surface area contributed by atoms with Crippen LogP contribution in [0, 0.1) is 0 Å². The first-order chi connectivity index (χ1) is 8.07. The third-order valence-electron chi connectivity index (χ3n) is 3.85. The van der Waals surface area contributed by atoms with E-state index in [1.165, 1.54) is 0 Å². The van der Waals surface area contributed by atoms with Crippen molar-refractivity contribution >= 4 is 0 Å². The van der Waals surface area contributed by atoms with E-state index < -0.39 is 11.4 Å². The fraction of sp³-hybridized carbons (Fsp3) is 0.846. The molecular formula is C13H20O4. The smallest absolute Gasteiger partial charge is 0.190 e. The minimum Gasteiger partial charge on any atom is -0.369 e. The summed E-state index contributed by atoms with van der Waals surface area (Å²) in [5.41, 5.74) is -0.390. The van der Waals surface area contributed by atoms with Gasteiger partial charge in [-0.05, 0) is 33.1 Å². The van der Waals surface area contributed by atoms with Crippen molar-refractivity contribution < 1.29 is 18.9 Å². The average molecular weight is 240 g/mol. The molecule has 0 aromatic rings. The highest BCUT2D eigenvalue weighted by molar-refractivity contribution is 5.12. The summed E-state index contributed by atoms with van der Waals surface area (Å²) in [5.74, 6) is -0.588. The predicted octanol–water partition coefficient (Wildman–Crippen LogP) is 1.99. The molecule has 1 spiro atoms. The van der Waals surface area contributed by atoms with E-state index in [9.17, 15) is 0 Å². The zero-order valence-corrected chi connectivity index (χ0v) is 10.5.